The molecular weight excluding hydrogens is 390 g/mol. The Kier molecular flexibility index (Phi) is 5.06. The van der Waals surface area contributed by atoms with E-state index in [-0.39, 0.29) is 23.5 Å². The highest BCUT2D eigenvalue weighted by Crippen LogP contribution is 2.43. The van der Waals surface area contributed by atoms with Gasteiger partial charge in [-0.1, -0.05) is 6.07 Å². The van der Waals surface area contributed by atoms with Crippen molar-refractivity contribution in [3.8, 4) is 18.0 Å². The minimum Gasteiger partial charge on any atom is -0.424 e. The van der Waals surface area contributed by atoms with Crippen molar-refractivity contribution < 1.29 is 22.3 Å². The normalized spacial score (nSPS) is 23.8. The summed E-state index contributed by atoms with van der Waals surface area (Å²) in [5, 5.41) is 13.2. The number of piperidine rings is 1. The summed E-state index contributed by atoms with van der Waals surface area (Å²) >= 11 is 0. The number of aromatic nitrogens is 3. The van der Waals surface area contributed by atoms with Crippen molar-refractivity contribution >= 4 is 0 Å². The molecule has 1 aromatic carbocycles. The molecule has 29 heavy (non-hydrogen) atoms. The van der Waals surface area contributed by atoms with Crippen molar-refractivity contribution in [3.05, 3.63) is 35.9 Å². The van der Waals surface area contributed by atoms with Crippen molar-refractivity contribution in [1.29, 1.82) is 5.26 Å². The molecule has 1 aliphatic carbocycles. The predicted molar refractivity (Wildman–Crippen MR) is 93.1 cm³/mol. The lowest BCUT2D eigenvalue weighted by Gasteiger charge is -2.34. The molecule has 1 saturated carbocycles. The summed E-state index contributed by atoms with van der Waals surface area (Å²) in [5.74, 6) is 0.586. The van der Waals surface area contributed by atoms with Crippen LogP contribution in [-0.2, 0) is 13.0 Å². The monoisotopic (exact) mass is 409 g/mol. The topological polar surface area (TPSA) is 67.0 Å². The fourth-order valence-corrected chi connectivity index (χ4v) is 4.40. The van der Waals surface area contributed by atoms with Gasteiger partial charge in [0.2, 0.25) is 0 Å². The van der Waals surface area contributed by atoms with Crippen molar-refractivity contribution in [3.63, 3.8) is 0 Å². The van der Waals surface area contributed by atoms with E-state index in [4.69, 9.17) is 10.00 Å². The number of nitriles is 1. The van der Waals surface area contributed by atoms with Gasteiger partial charge in [-0.25, -0.2) is 9.07 Å². The van der Waals surface area contributed by atoms with Gasteiger partial charge in [0.05, 0.1) is 0 Å². The third-order valence-corrected chi connectivity index (χ3v) is 5.60. The zero-order valence-corrected chi connectivity index (χ0v) is 15.4. The molecule has 1 aromatic heterocycles. The quantitative estimate of drug-likeness (QED) is 0.556. The highest BCUT2D eigenvalue weighted by atomic mass is 19.4. The minimum atomic E-state index is -4.50. The average molecular weight is 409 g/mol. The van der Waals surface area contributed by atoms with Crippen LogP contribution in [0.15, 0.2) is 24.3 Å². The lowest BCUT2D eigenvalue weighted by Crippen LogP contribution is -2.40. The molecule has 2 bridgehead atoms. The maximum Gasteiger partial charge on any atom is 0.408 e. The molecule has 0 spiro atoms. The molecule has 10 heteroatoms. The summed E-state index contributed by atoms with van der Waals surface area (Å²) in [5.41, 5.74) is 0. The first kappa shape index (κ1) is 19.5. The first-order valence-corrected chi connectivity index (χ1v) is 9.39. The van der Waals surface area contributed by atoms with Crippen molar-refractivity contribution in [2.45, 2.75) is 32.0 Å². The van der Waals surface area contributed by atoms with Gasteiger partial charge in [-0.2, -0.15) is 28.5 Å². The van der Waals surface area contributed by atoms with Gasteiger partial charge in [0.25, 0.3) is 0 Å². The maximum atomic E-state index is 13.4. The van der Waals surface area contributed by atoms with Gasteiger partial charge in [-0.15, -0.1) is 0 Å². The Hall–Kier alpha value is -2.83. The van der Waals surface area contributed by atoms with Gasteiger partial charge in [-0.05, 0) is 42.7 Å². The molecule has 0 radical (unpaired) electrons. The Bertz CT molecular complexity index is 908. The average Bonchev–Trinajstić information content (AvgIpc) is 3.09. The highest BCUT2D eigenvalue weighted by Gasteiger charge is 2.42. The van der Waals surface area contributed by atoms with Crippen LogP contribution in [0.5, 0.6) is 11.8 Å². The predicted octanol–water partition coefficient (Wildman–Crippen LogP) is 3.75. The summed E-state index contributed by atoms with van der Waals surface area (Å²) in [7, 11) is 0. The van der Waals surface area contributed by atoms with Gasteiger partial charge < -0.3 is 9.64 Å². The fraction of sp³-hybridized carbons (Fsp3) is 0.526. The number of benzene rings is 1. The first-order chi connectivity index (χ1) is 13.8. The maximum absolute atomic E-state index is 13.4. The van der Waals surface area contributed by atoms with E-state index in [0.717, 1.165) is 18.9 Å². The van der Waals surface area contributed by atoms with Crippen molar-refractivity contribution in [2.75, 3.05) is 13.1 Å². The zero-order chi connectivity index (χ0) is 20.6. The number of fused-ring (bicyclic) bond motifs is 2. The third-order valence-electron chi connectivity index (χ3n) is 5.60. The lowest BCUT2D eigenvalue weighted by atomic mass is 9.83. The molecule has 2 fully saturated rings. The van der Waals surface area contributed by atoms with Crippen LogP contribution < -0.4 is 4.74 Å². The molecule has 1 aliphatic heterocycles. The number of halogens is 4. The van der Waals surface area contributed by atoms with E-state index >= 15 is 0 Å². The molecule has 2 heterocycles. The van der Waals surface area contributed by atoms with Crippen LogP contribution in [0.1, 0.15) is 18.7 Å². The second kappa shape index (κ2) is 7.54. The highest BCUT2D eigenvalue weighted by molar-refractivity contribution is 5.25. The second-order valence-electron chi connectivity index (χ2n) is 7.61. The molecule has 0 N–H and O–H groups in total. The fourth-order valence-electron chi connectivity index (χ4n) is 4.40. The molecule has 0 amide bonds. The SMILES string of the molecule is N#CN1C[C@H]2CC[C@@H](C1)C2Cc1nc(Oc2cccc(F)c2)n(CC(F)(F)F)n1. The summed E-state index contributed by atoms with van der Waals surface area (Å²) in [4.78, 5) is 5.92. The van der Waals surface area contributed by atoms with Crippen molar-refractivity contribution in [1.82, 2.24) is 19.7 Å². The van der Waals surface area contributed by atoms with E-state index in [9.17, 15) is 17.6 Å². The Balaban J connectivity index is 1.56. The molecule has 4 rings (SSSR count). The Morgan fingerprint density at radius 1 is 1.21 bits per heavy atom. The largest absolute Gasteiger partial charge is 0.424 e. The van der Waals surface area contributed by atoms with E-state index in [1.807, 2.05) is 0 Å². The summed E-state index contributed by atoms with van der Waals surface area (Å²) in [6, 6.07) is 4.81. The molecule has 6 nitrogen and oxygen atoms in total. The van der Waals surface area contributed by atoms with Gasteiger partial charge in [0, 0.05) is 25.6 Å². The van der Waals surface area contributed by atoms with Crippen LogP contribution in [-0.4, -0.2) is 38.9 Å². The lowest BCUT2D eigenvalue weighted by molar-refractivity contribution is -0.143. The van der Waals surface area contributed by atoms with E-state index < -0.39 is 18.5 Å². The van der Waals surface area contributed by atoms with Crippen LogP contribution in [0.25, 0.3) is 0 Å². The zero-order valence-electron chi connectivity index (χ0n) is 15.4. The number of hydrogen-bond donors (Lipinski definition) is 0. The second-order valence-corrected chi connectivity index (χ2v) is 7.61. The van der Waals surface area contributed by atoms with E-state index in [0.29, 0.717) is 36.0 Å². The van der Waals surface area contributed by atoms with E-state index in [1.54, 1.807) is 4.90 Å². The smallest absolute Gasteiger partial charge is 0.408 e. The van der Waals surface area contributed by atoms with Gasteiger partial charge in [-0.3, -0.25) is 0 Å². The Morgan fingerprint density at radius 3 is 2.55 bits per heavy atom. The number of rotatable bonds is 5. The third kappa shape index (κ3) is 4.44. The van der Waals surface area contributed by atoms with Crippen molar-refractivity contribution in [2.24, 2.45) is 17.8 Å². The standard InChI is InChI=1S/C19H19F4N5O/c20-14-2-1-3-15(6-14)29-18-25-17(26-28(18)10-19(21,22)23)7-16-12-4-5-13(16)9-27(8-12)11-24/h1-3,6,12-13,16H,4-5,7-10H2/t12-,13+,16?. The number of alkyl halides is 3. The molecule has 1 unspecified atom stereocenters. The van der Waals surface area contributed by atoms with E-state index in [2.05, 4.69) is 16.3 Å². The molecule has 2 aliphatic rings. The molecule has 154 valence electrons. The number of nitrogens with zero attached hydrogens (tertiary/aromatic N) is 5. The molecule has 2 aromatic rings. The minimum absolute atomic E-state index is 0.0507. The molecule has 3 atom stereocenters. The van der Waals surface area contributed by atoms with Crippen LogP contribution in [0.4, 0.5) is 17.6 Å². The Morgan fingerprint density at radius 2 is 1.93 bits per heavy atom. The van der Waals surface area contributed by atoms with Gasteiger partial charge in [0.15, 0.2) is 12.0 Å². The number of ether oxygens (including phenoxy) is 1. The van der Waals surface area contributed by atoms with Crippen LogP contribution in [0.3, 0.4) is 0 Å². The summed E-state index contributed by atoms with van der Waals surface area (Å²) < 4.78 is 58.4. The van der Waals surface area contributed by atoms with E-state index in [1.165, 1.54) is 18.2 Å². The first-order valence-electron chi connectivity index (χ1n) is 9.39. The van der Waals surface area contributed by atoms with Gasteiger partial charge in [0.1, 0.15) is 18.1 Å². The van der Waals surface area contributed by atoms with Crippen LogP contribution in [0, 0.1) is 35.0 Å². The Labute approximate surface area is 164 Å². The molecular formula is C19H19F4N5O. The van der Waals surface area contributed by atoms with Gasteiger partial charge >= 0.3 is 12.2 Å². The molecule has 1 saturated heterocycles. The summed E-state index contributed by atoms with van der Waals surface area (Å²) in [6.45, 7) is -0.0223. The summed E-state index contributed by atoms with van der Waals surface area (Å²) in [6.07, 6.45) is 0.0930. The van der Waals surface area contributed by atoms with Crippen LogP contribution >= 0.6 is 0 Å². The number of likely N-dealkylation sites (tertiary alicyclic amines) is 1. The van der Waals surface area contributed by atoms with Crippen LogP contribution in [0.2, 0.25) is 0 Å². The number of hydrogen-bond acceptors (Lipinski definition) is 5.